The number of hydrogen-bond donors (Lipinski definition) is 2. The van der Waals surface area contributed by atoms with Crippen LogP contribution in [0, 0.1) is 6.92 Å². The third-order valence-corrected chi connectivity index (χ3v) is 4.82. The van der Waals surface area contributed by atoms with Crippen molar-refractivity contribution in [2.45, 2.75) is 31.3 Å². The molecule has 0 amide bonds. The van der Waals surface area contributed by atoms with Crippen molar-refractivity contribution >= 4 is 27.7 Å². The molecule has 1 atom stereocenters. The lowest BCUT2D eigenvalue weighted by molar-refractivity contribution is 0.526. The largest absolute Gasteiger partial charge is 0.271 e. The molecule has 1 aromatic heterocycles. The zero-order valence-electron chi connectivity index (χ0n) is 11.6. The number of nitrogens with zero attached hydrogens (tertiary/aromatic N) is 2. The Bertz CT molecular complexity index is 553. The van der Waals surface area contributed by atoms with E-state index in [4.69, 9.17) is 5.84 Å². The summed E-state index contributed by atoms with van der Waals surface area (Å²) in [5.74, 6) is 6.57. The molecule has 0 aliphatic rings. The molecule has 0 saturated heterocycles. The molecule has 6 heteroatoms. The van der Waals surface area contributed by atoms with Gasteiger partial charge in [0.15, 0.2) is 0 Å². The summed E-state index contributed by atoms with van der Waals surface area (Å²) in [6.07, 6.45) is 1.82. The fraction of sp³-hybridized carbons (Fsp3) is 0.357. The Morgan fingerprint density at radius 2 is 2.10 bits per heavy atom. The molecule has 0 radical (unpaired) electrons. The summed E-state index contributed by atoms with van der Waals surface area (Å²) in [5, 5.41) is 4.33. The van der Waals surface area contributed by atoms with Crippen LogP contribution in [0.1, 0.15) is 24.2 Å². The molecule has 1 unspecified atom stereocenters. The summed E-state index contributed by atoms with van der Waals surface area (Å²) in [7, 11) is 0. The van der Waals surface area contributed by atoms with Crippen LogP contribution in [-0.2, 0) is 6.54 Å². The molecule has 0 aliphatic carbocycles. The van der Waals surface area contributed by atoms with Crippen LogP contribution in [0.2, 0.25) is 0 Å². The highest BCUT2D eigenvalue weighted by atomic mass is 79.9. The van der Waals surface area contributed by atoms with E-state index in [2.05, 4.69) is 64.6 Å². The van der Waals surface area contributed by atoms with Gasteiger partial charge in [-0.15, -0.1) is 11.8 Å². The summed E-state index contributed by atoms with van der Waals surface area (Å²) in [6.45, 7) is 4.99. The Morgan fingerprint density at radius 1 is 1.40 bits per heavy atom. The Balaban J connectivity index is 2.09. The fourth-order valence-corrected chi connectivity index (χ4v) is 3.50. The van der Waals surface area contributed by atoms with Crippen LogP contribution >= 0.6 is 27.7 Å². The second kappa shape index (κ2) is 7.26. The standard InChI is InChI=1S/C14H19BrN4S/c1-3-19-14(12(15)8-17-19)13(18-16)9-20-11-6-4-10(2)5-7-11/h4-8,13,18H,3,9,16H2,1-2H3. The fourth-order valence-electron chi connectivity index (χ4n) is 1.99. The second-order valence-electron chi connectivity index (χ2n) is 4.54. The molecule has 2 aromatic rings. The van der Waals surface area contributed by atoms with Gasteiger partial charge in [0, 0.05) is 17.2 Å². The lowest BCUT2D eigenvalue weighted by Gasteiger charge is -2.17. The number of aromatic nitrogens is 2. The van der Waals surface area contributed by atoms with Crippen molar-refractivity contribution < 1.29 is 0 Å². The lowest BCUT2D eigenvalue weighted by Crippen LogP contribution is -2.31. The Hall–Kier alpha value is -0.820. The van der Waals surface area contributed by atoms with Crippen LogP contribution in [-0.4, -0.2) is 15.5 Å². The van der Waals surface area contributed by atoms with Crippen LogP contribution < -0.4 is 11.3 Å². The predicted octanol–water partition coefficient (Wildman–Crippen LogP) is 3.27. The van der Waals surface area contributed by atoms with Gasteiger partial charge in [-0.2, -0.15) is 5.10 Å². The monoisotopic (exact) mass is 354 g/mol. The highest BCUT2D eigenvalue weighted by molar-refractivity contribution is 9.10. The maximum atomic E-state index is 5.72. The first kappa shape index (κ1) is 15.6. The number of nitrogens with one attached hydrogen (secondary N) is 1. The van der Waals surface area contributed by atoms with E-state index >= 15 is 0 Å². The molecule has 108 valence electrons. The first-order valence-corrected chi connectivity index (χ1v) is 8.30. The van der Waals surface area contributed by atoms with Crippen LogP contribution in [0.5, 0.6) is 0 Å². The molecule has 1 heterocycles. The number of hydrazine groups is 1. The normalized spacial score (nSPS) is 12.6. The van der Waals surface area contributed by atoms with E-state index < -0.39 is 0 Å². The molecule has 0 fully saturated rings. The van der Waals surface area contributed by atoms with Gasteiger partial charge in [0.2, 0.25) is 0 Å². The third kappa shape index (κ3) is 3.63. The van der Waals surface area contributed by atoms with Crippen molar-refractivity contribution in [1.29, 1.82) is 0 Å². The van der Waals surface area contributed by atoms with Crippen LogP contribution in [0.25, 0.3) is 0 Å². The smallest absolute Gasteiger partial charge is 0.0734 e. The molecular formula is C14H19BrN4S. The van der Waals surface area contributed by atoms with Crippen molar-refractivity contribution in [2.75, 3.05) is 5.75 Å². The first-order valence-electron chi connectivity index (χ1n) is 6.52. The lowest BCUT2D eigenvalue weighted by atomic mass is 10.2. The van der Waals surface area contributed by atoms with Crippen molar-refractivity contribution in [3.05, 3.63) is 46.2 Å². The Labute approximate surface area is 132 Å². The van der Waals surface area contributed by atoms with E-state index in [0.717, 1.165) is 22.5 Å². The molecule has 0 spiro atoms. The molecule has 0 bridgehead atoms. The van der Waals surface area contributed by atoms with E-state index in [-0.39, 0.29) is 6.04 Å². The number of hydrogen-bond acceptors (Lipinski definition) is 4. The quantitative estimate of drug-likeness (QED) is 0.474. The summed E-state index contributed by atoms with van der Waals surface area (Å²) < 4.78 is 2.96. The molecule has 2 rings (SSSR count). The number of aryl methyl sites for hydroxylation is 2. The minimum Gasteiger partial charge on any atom is -0.271 e. The molecule has 0 aliphatic heterocycles. The van der Waals surface area contributed by atoms with Gasteiger partial charge in [-0.25, -0.2) is 0 Å². The van der Waals surface area contributed by atoms with Gasteiger partial charge in [-0.3, -0.25) is 16.0 Å². The van der Waals surface area contributed by atoms with Gasteiger partial charge in [0.1, 0.15) is 0 Å². The summed E-state index contributed by atoms with van der Waals surface area (Å²) in [4.78, 5) is 1.24. The van der Waals surface area contributed by atoms with Crippen molar-refractivity contribution in [2.24, 2.45) is 5.84 Å². The van der Waals surface area contributed by atoms with E-state index in [0.29, 0.717) is 0 Å². The van der Waals surface area contributed by atoms with Crippen molar-refractivity contribution in [3.8, 4) is 0 Å². The average molecular weight is 355 g/mol. The van der Waals surface area contributed by atoms with Gasteiger partial charge in [-0.05, 0) is 41.9 Å². The SMILES string of the molecule is CCn1ncc(Br)c1C(CSc1ccc(C)cc1)NN. The maximum Gasteiger partial charge on any atom is 0.0734 e. The summed E-state index contributed by atoms with van der Waals surface area (Å²) >= 11 is 5.33. The third-order valence-electron chi connectivity index (χ3n) is 3.10. The Morgan fingerprint density at radius 3 is 2.70 bits per heavy atom. The average Bonchev–Trinajstić information content (AvgIpc) is 2.83. The molecule has 4 nitrogen and oxygen atoms in total. The van der Waals surface area contributed by atoms with E-state index in [1.807, 2.05) is 10.9 Å². The minimum atomic E-state index is 0.0538. The molecule has 1 aromatic carbocycles. The summed E-state index contributed by atoms with van der Waals surface area (Å²) in [5.41, 5.74) is 5.26. The van der Waals surface area contributed by atoms with Gasteiger partial charge < -0.3 is 0 Å². The highest BCUT2D eigenvalue weighted by Crippen LogP contribution is 2.28. The van der Waals surface area contributed by atoms with Gasteiger partial charge in [0.25, 0.3) is 0 Å². The zero-order valence-corrected chi connectivity index (χ0v) is 14.0. The minimum absolute atomic E-state index is 0.0538. The van der Waals surface area contributed by atoms with Crippen LogP contribution in [0.3, 0.4) is 0 Å². The summed E-state index contributed by atoms with van der Waals surface area (Å²) in [6, 6.07) is 8.58. The Kier molecular flexibility index (Phi) is 5.65. The van der Waals surface area contributed by atoms with Crippen LogP contribution in [0.15, 0.2) is 39.8 Å². The van der Waals surface area contributed by atoms with E-state index in [9.17, 15) is 0 Å². The van der Waals surface area contributed by atoms with Crippen molar-refractivity contribution in [1.82, 2.24) is 15.2 Å². The maximum absolute atomic E-state index is 5.72. The van der Waals surface area contributed by atoms with Gasteiger partial charge >= 0.3 is 0 Å². The van der Waals surface area contributed by atoms with Gasteiger partial charge in [0.05, 0.1) is 22.4 Å². The van der Waals surface area contributed by atoms with Crippen LogP contribution in [0.4, 0.5) is 0 Å². The molecule has 0 saturated carbocycles. The molecular weight excluding hydrogens is 336 g/mol. The number of thioether (sulfide) groups is 1. The zero-order chi connectivity index (χ0) is 14.5. The number of halogens is 1. The number of benzene rings is 1. The topological polar surface area (TPSA) is 55.9 Å². The van der Waals surface area contributed by atoms with Crippen molar-refractivity contribution in [3.63, 3.8) is 0 Å². The highest BCUT2D eigenvalue weighted by Gasteiger charge is 2.18. The van der Waals surface area contributed by atoms with Gasteiger partial charge in [-0.1, -0.05) is 17.7 Å². The second-order valence-corrected chi connectivity index (χ2v) is 6.48. The van der Waals surface area contributed by atoms with E-state index in [1.165, 1.54) is 10.5 Å². The predicted molar refractivity (Wildman–Crippen MR) is 87.6 cm³/mol. The van der Waals surface area contributed by atoms with E-state index in [1.54, 1.807) is 11.8 Å². The first-order chi connectivity index (χ1) is 9.65. The number of rotatable bonds is 6. The molecule has 20 heavy (non-hydrogen) atoms. The molecule has 3 N–H and O–H groups in total. The number of nitrogens with two attached hydrogens (primary N) is 1.